The second-order valence-electron chi connectivity index (χ2n) is 22.5. The molecule has 0 spiro atoms. The molecule has 0 saturated heterocycles. The second-order valence-corrected chi connectivity index (χ2v) is 22.5. The molecule has 394 valence electrons. The number of para-hydroxylation sites is 4. The van der Waals surface area contributed by atoms with E-state index in [1.165, 1.54) is 99.3 Å². The number of nitrogens with zero attached hydrogens (tertiary/aromatic N) is 2. The molecule has 0 fully saturated rings. The summed E-state index contributed by atoms with van der Waals surface area (Å²) in [7, 11) is 0. The van der Waals surface area contributed by atoms with E-state index in [0.29, 0.717) is 0 Å². The maximum atomic E-state index is 6.32. The molecule has 77 heavy (non-hydrogen) atoms. The van der Waals surface area contributed by atoms with Gasteiger partial charge in [-0.25, -0.2) is 0 Å². The Hall–Kier alpha value is -7.44. The van der Waals surface area contributed by atoms with Gasteiger partial charge in [-0.2, -0.15) is 0 Å². The summed E-state index contributed by atoms with van der Waals surface area (Å²) in [5.74, 6) is 1.65. The Morgan fingerprint density at radius 1 is 0.325 bits per heavy atom. The van der Waals surface area contributed by atoms with Gasteiger partial charge in [0.1, 0.15) is 0 Å². The molecule has 2 heterocycles. The molecule has 0 atom stereocenters. The van der Waals surface area contributed by atoms with Crippen LogP contribution in [0.1, 0.15) is 143 Å². The van der Waals surface area contributed by atoms with Crippen LogP contribution < -0.4 is 28.7 Å². The van der Waals surface area contributed by atoms with Crippen molar-refractivity contribution in [3.05, 3.63) is 193 Å². The van der Waals surface area contributed by atoms with E-state index < -0.39 is 11.6 Å². The van der Waals surface area contributed by atoms with Crippen LogP contribution in [0.4, 0.5) is 34.1 Å². The van der Waals surface area contributed by atoms with Crippen molar-refractivity contribution in [2.75, 3.05) is 9.80 Å². The third-order valence-electron chi connectivity index (χ3n) is 16.0. The minimum Gasteiger partial charge on any atom is -0.449 e. The van der Waals surface area contributed by atoms with E-state index in [-0.39, 0.29) is 5.41 Å². The number of anilines is 6. The van der Waals surface area contributed by atoms with Crippen LogP contribution in [0.2, 0.25) is 0 Å². The Balaban J connectivity index is 1.07. The lowest BCUT2D eigenvalue weighted by atomic mass is 9.70. The summed E-state index contributed by atoms with van der Waals surface area (Å²) in [5, 5.41) is 0. The van der Waals surface area contributed by atoms with Gasteiger partial charge in [-0.15, -0.1) is 0 Å². The van der Waals surface area contributed by atoms with Crippen LogP contribution in [0.15, 0.2) is 182 Å². The van der Waals surface area contributed by atoms with E-state index in [4.69, 9.17) is 18.9 Å². The van der Waals surface area contributed by atoms with Crippen LogP contribution in [-0.4, -0.2) is 11.6 Å². The first-order valence-electron chi connectivity index (χ1n) is 28.8. The minimum absolute atomic E-state index is 0.218. The van der Waals surface area contributed by atoms with E-state index in [1.54, 1.807) is 0 Å². The van der Waals surface area contributed by atoms with Crippen molar-refractivity contribution in [3.8, 4) is 56.4 Å². The summed E-state index contributed by atoms with van der Waals surface area (Å²) < 4.78 is 25.0. The highest BCUT2D eigenvalue weighted by atomic mass is 16.7. The van der Waals surface area contributed by atoms with Crippen molar-refractivity contribution in [2.45, 2.75) is 148 Å². The highest BCUT2D eigenvalue weighted by molar-refractivity contribution is 5.93. The fourth-order valence-electron chi connectivity index (χ4n) is 12.4. The number of hydrogen-bond donors (Lipinski definition) is 0. The summed E-state index contributed by atoms with van der Waals surface area (Å²) in [5.41, 5.74) is 16.5. The molecule has 6 nitrogen and oxygen atoms in total. The van der Waals surface area contributed by atoms with Gasteiger partial charge in [0.2, 0.25) is 11.6 Å². The number of ether oxygens (including phenoxy) is 4. The molecule has 0 bridgehead atoms. The number of rotatable bonds is 22. The zero-order chi connectivity index (χ0) is 53.0. The molecule has 0 amide bonds. The van der Waals surface area contributed by atoms with Gasteiger partial charge in [-0.1, -0.05) is 188 Å². The molecule has 0 unspecified atom stereocenters. The number of hydrogen-bond acceptors (Lipinski definition) is 6. The van der Waals surface area contributed by atoms with Crippen LogP contribution in [0, 0.1) is 0 Å². The first-order chi connectivity index (χ1) is 37.5. The van der Waals surface area contributed by atoms with Gasteiger partial charge in [0.15, 0.2) is 23.0 Å². The Kier molecular flexibility index (Phi) is 14.9. The van der Waals surface area contributed by atoms with Crippen molar-refractivity contribution in [2.24, 2.45) is 0 Å². The molecule has 8 aromatic rings. The van der Waals surface area contributed by atoms with E-state index >= 15 is 0 Å². The zero-order valence-corrected chi connectivity index (χ0v) is 46.2. The average molecular weight is 1020 g/mol. The molecule has 0 aromatic heterocycles. The van der Waals surface area contributed by atoms with Gasteiger partial charge >= 0.3 is 0 Å². The SMILES string of the molecule is CCCCCCCCC1(CCCCCCCC)c2cc(N(c3ccccc3)c3ccccc3-c3ccc4c(c3)OC(C)(C)O4)ccc2-c2ccc(N(c3ccccc3)c3ccccc3-c3ccc4c(c3)OC(C)(C)O4)cc21. The summed E-state index contributed by atoms with van der Waals surface area (Å²) >= 11 is 0. The monoisotopic (exact) mass is 1020 g/mol. The van der Waals surface area contributed by atoms with Crippen molar-refractivity contribution in [1.82, 2.24) is 0 Å². The lowest BCUT2D eigenvalue weighted by Crippen LogP contribution is -2.29. The maximum absolute atomic E-state index is 6.32. The standard InChI is InChI=1S/C71H76N2O4/c1-7-9-11-13-15-27-45-71(46-28-16-14-12-10-8-2)61-49-55(72(53-29-19-17-20-30-53)63-35-25-23-33-57(63)51-37-43-65-67(47-51)76-69(3,4)74-65)39-41-59(61)60-42-40-56(50-62(60)71)73(54-31-21-18-22-32-54)64-36-26-24-34-58(64)52-38-44-66-68(48-52)77-70(5,6)75-66/h17-26,29-44,47-50H,7-16,27-28,45-46H2,1-6H3. The second kappa shape index (κ2) is 22.3. The van der Waals surface area contributed by atoms with Gasteiger partial charge in [-0.3, -0.25) is 0 Å². The Labute approximate surface area is 458 Å². The van der Waals surface area contributed by atoms with Crippen LogP contribution in [0.3, 0.4) is 0 Å². The minimum atomic E-state index is -0.715. The highest BCUT2D eigenvalue weighted by Gasteiger charge is 2.44. The van der Waals surface area contributed by atoms with Gasteiger partial charge in [-0.05, 0) is 131 Å². The fraction of sp³-hybridized carbons (Fsp3) is 0.324. The third-order valence-corrected chi connectivity index (χ3v) is 16.0. The Morgan fingerprint density at radius 2 is 0.701 bits per heavy atom. The van der Waals surface area contributed by atoms with E-state index in [0.717, 1.165) is 92.2 Å². The van der Waals surface area contributed by atoms with Gasteiger partial charge in [0.25, 0.3) is 0 Å². The topological polar surface area (TPSA) is 43.4 Å². The van der Waals surface area contributed by atoms with Crippen LogP contribution >= 0.6 is 0 Å². The number of unbranched alkanes of at least 4 members (excludes halogenated alkanes) is 10. The molecule has 6 heteroatoms. The largest absolute Gasteiger partial charge is 0.449 e. The van der Waals surface area contributed by atoms with Gasteiger partial charge in [0.05, 0.1) is 11.4 Å². The van der Waals surface area contributed by atoms with E-state index in [9.17, 15) is 0 Å². The lowest BCUT2D eigenvalue weighted by molar-refractivity contribution is -0.0437. The van der Waals surface area contributed by atoms with Gasteiger partial charge in [0, 0.05) is 67.0 Å². The smallest absolute Gasteiger partial charge is 0.246 e. The van der Waals surface area contributed by atoms with Crippen LogP contribution in [0.25, 0.3) is 33.4 Å². The van der Waals surface area contributed by atoms with Gasteiger partial charge < -0.3 is 28.7 Å². The predicted octanol–water partition coefficient (Wildman–Crippen LogP) is 20.7. The van der Waals surface area contributed by atoms with Crippen molar-refractivity contribution in [1.29, 1.82) is 0 Å². The molecular formula is C71H76N2O4. The van der Waals surface area contributed by atoms with E-state index in [1.807, 2.05) is 27.7 Å². The quantitative estimate of drug-likeness (QED) is 0.0630. The number of fused-ring (bicyclic) bond motifs is 5. The Bertz CT molecular complexity index is 3100. The average Bonchev–Trinajstić information content (AvgIpc) is 4.13. The lowest BCUT2D eigenvalue weighted by Gasteiger charge is -2.35. The maximum Gasteiger partial charge on any atom is 0.246 e. The normalized spacial score (nSPS) is 14.8. The van der Waals surface area contributed by atoms with Crippen molar-refractivity contribution >= 4 is 34.1 Å². The predicted molar refractivity (Wildman–Crippen MR) is 320 cm³/mol. The third kappa shape index (κ3) is 10.7. The van der Waals surface area contributed by atoms with Crippen molar-refractivity contribution in [3.63, 3.8) is 0 Å². The first kappa shape index (κ1) is 51.7. The summed E-state index contributed by atoms with van der Waals surface area (Å²) in [6.45, 7) is 12.5. The molecular weight excluding hydrogens is 945 g/mol. The molecule has 1 aliphatic carbocycles. The fourth-order valence-corrected chi connectivity index (χ4v) is 12.4. The molecule has 2 aliphatic heterocycles. The molecule has 8 aromatic carbocycles. The van der Waals surface area contributed by atoms with Crippen LogP contribution in [0.5, 0.6) is 23.0 Å². The number of benzene rings is 8. The zero-order valence-electron chi connectivity index (χ0n) is 46.2. The summed E-state index contributed by atoms with van der Waals surface area (Å²) in [6.07, 6.45) is 17.2. The molecule has 0 radical (unpaired) electrons. The molecule has 3 aliphatic rings. The van der Waals surface area contributed by atoms with Crippen LogP contribution in [-0.2, 0) is 5.41 Å². The van der Waals surface area contributed by atoms with Crippen molar-refractivity contribution < 1.29 is 18.9 Å². The summed E-state index contributed by atoms with van der Waals surface area (Å²) in [6, 6.07) is 67.0. The summed E-state index contributed by atoms with van der Waals surface area (Å²) in [4.78, 5) is 4.95. The van der Waals surface area contributed by atoms with E-state index in [2.05, 4.69) is 206 Å². The molecule has 0 saturated carbocycles. The molecule has 11 rings (SSSR count). The highest BCUT2D eigenvalue weighted by Crippen LogP contribution is 2.58. The first-order valence-corrected chi connectivity index (χ1v) is 28.8. The Morgan fingerprint density at radius 3 is 1.13 bits per heavy atom. The molecule has 0 N–H and O–H groups in total.